The predicted octanol–water partition coefficient (Wildman–Crippen LogP) is 4.17. The fourth-order valence-electron chi connectivity index (χ4n) is 1.91. The van der Waals surface area contributed by atoms with E-state index in [0.717, 1.165) is 36.2 Å². The molecule has 0 N–H and O–H groups in total. The monoisotopic (exact) mass is 254 g/mol. The lowest BCUT2D eigenvalue weighted by molar-refractivity contribution is -0.107. The van der Waals surface area contributed by atoms with E-state index < -0.39 is 0 Å². The molecule has 98 valence electrons. The largest absolute Gasteiger partial charge is 0.457 e. The Bertz CT molecular complexity index is 529. The molecule has 0 fully saturated rings. The zero-order valence-corrected chi connectivity index (χ0v) is 11.1. The first kappa shape index (κ1) is 13.3. The van der Waals surface area contributed by atoms with Gasteiger partial charge in [0.1, 0.15) is 17.8 Å². The molecule has 0 aliphatic heterocycles. The van der Waals surface area contributed by atoms with Gasteiger partial charge in [-0.1, -0.05) is 31.2 Å². The average Bonchev–Trinajstić information content (AvgIpc) is 2.47. The molecule has 2 aromatic carbocycles. The summed E-state index contributed by atoms with van der Waals surface area (Å²) in [6, 6.07) is 16.0. The van der Waals surface area contributed by atoms with Crippen molar-refractivity contribution in [3.63, 3.8) is 0 Å². The van der Waals surface area contributed by atoms with Crippen LogP contribution in [0.15, 0.2) is 48.5 Å². The normalized spacial score (nSPS) is 10.2. The van der Waals surface area contributed by atoms with E-state index in [9.17, 15) is 4.79 Å². The highest BCUT2D eigenvalue weighted by molar-refractivity contribution is 5.50. The second-order valence-electron chi connectivity index (χ2n) is 4.45. The van der Waals surface area contributed by atoms with E-state index in [1.165, 1.54) is 5.56 Å². The minimum absolute atomic E-state index is 0.568. The summed E-state index contributed by atoms with van der Waals surface area (Å²) < 4.78 is 5.81. The summed E-state index contributed by atoms with van der Waals surface area (Å²) in [5.74, 6) is 1.68. The van der Waals surface area contributed by atoms with Gasteiger partial charge >= 0.3 is 0 Å². The molecule has 0 spiro atoms. The van der Waals surface area contributed by atoms with Crippen LogP contribution in [-0.2, 0) is 17.6 Å². The molecule has 0 unspecified atom stereocenters. The highest BCUT2D eigenvalue weighted by atomic mass is 16.5. The van der Waals surface area contributed by atoms with Crippen LogP contribution in [0.5, 0.6) is 11.5 Å². The first-order valence-electron chi connectivity index (χ1n) is 6.61. The fourth-order valence-corrected chi connectivity index (χ4v) is 1.91. The molecule has 0 aliphatic carbocycles. The third-order valence-corrected chi connectivity index (χ3v) is 3.02. The summed E-state index contributed by atoms with van der Waals surface area (Å²) in [5, 5.41) is 0. The van der Waals surface area contributed by atoms with E-state index in [1.807, 2.05) is 36.4 Å². The number of benzene rings is 2. The van der Waals surface area contributed by atoms with Crippen molar-refractivity contribution in [1.29, 1.82) is 0 Å². The van der Waals surface area contributed by atoms with Crippen molar-refractivity contribution >= 4 is 6.29 Å². The van der Waals surface area contributed by atoms with Crippen molar-refractivity contribution < 1.29 is 9.53 Å². The van der Waals surface area contributed by atoms with Crippen molar-refractivity contribution in [2.75, 3.05) is 0 Å². The average molecular weight is 254 g/mol. The number of rotatable bonds is 6. The molecule has 0 amide bonds. The Morgan fingerprint density at radius 1 is 1.00 bits per heavy atom. The van der Waals surface area contributed by atoms with Crippen LogP contribution in [0.25, 0.3) is 0 Å². The Kier molecular flexibility index (Phi) is 4.73. The van der Waals surface area contributed by atoms with Gasteiger partial charge in [0.25, 0.3) is 0 Å². The lowest BCUT2D eigenvalue weighted by Gasteiger charge is -2.07. The zero-order valence-electron chi connectivity index (χ0n) is 11.1. The topological polar surface area (TPSA) is 26.3 Å². The van der Waals surface area contributed by atoms with Gasteiger partial charge in [0, 0.05) is 6.42 Å². The van der Waals surface area contributed by atoms with E-state index in [2.05, 4.69) is 19.1 Å². The minimum Gasteiger partial charge on any atom is -0.457 e. The van der Waals surface area contributed by atoms with Gasteiger partial charge in [0.15, 0.2) is 0 Å². The Labute approximate surface area is 114 Å². The smallest absolute Gasteiger partial charge is 0.127 e. The molecule has 0 saturated carbocycles. The number of carbonyl (C=O) groups excluding carboxylic acids is 1. The van der Waals surface area contributed by atoms with Gasteiger partial charge < -0.3 is 9.53 Å². The van der Waals surface area contributed by atoms with E-state index in [1.54, 1.807) is 0 Å². The van der Waals surface area contributed by atoms with Crippen LogP contribution in [0, 0.1) is 0 Å². The molecule has 2 heteroatoms. The Morgan fingerprint density at radius 2 is 1.79 bits per heavy atom. The fraction of sp³-hybridized carbons (Fsp3) is 0.235. The number of carbonyl (C=O) groups is 1. The molecular formula is C17H18O2. The van der Waals surface area contributed by atoms with Gasteiger partial charge in [-0.2, -0.15) is 0 Å². The van der Waals surface area contributed by atoms with Gasteiger partial charge in [-0.05, 0) is 48.2 Å². The molecule has 0 radical (unpaired) electrons. The minimum atomic E-state index is 0.568. The van der Waals surface area contributed by atoms with E-state index in [4.69, 9.17) is 4.74 Å². The molecule has 2 nitrogen and oxygen atoms in total. The second kappa shape index (κ2) is 6.74. The molecule has 0 atom stereocenters. The summed E-state index contributed by atoms with van der Waals surface area (Å²) in [7, 11) is 0. The van der Waals surface area contributed by atoms with Crippen LogP contribution >= 0.6 is 0 Å². The third kappa shape index (κ3) is 3.95. The van der Waals surface area contributed by atoms with E-state index in [0.29, 0.717) is 6.42 Å². The van der Waals surface area contributed by atoms with Gasteiger partial charge in [-0.25, -0.2) is 0 Å². The second-order valence-corrected chi connectivity index (χ2v) is 4.45. The van der Waals surface area contributed by atoms with Crippen LogP contribution in [0.3, 0.4) is 0 Å². The van der Waals surface area contributed by atoms with Crippen molar-refractivity contribution in [1.82, 2.24) is 0 Å². The van der Waals surface area contributed by atoms with Crippen molar-refractivity contribution in [3.05, 3.63) is 59.7 Å². The number of aryl methyl sites for hydroxylation is 2. The van der Waals surface area contributed by atoms with Crippen molar-refractivity contribution in [3.8, 4) is 11.5 Å². The first-order valence-corrected chi connectivity index (χ1v) is 6.61. The van der Waals surface area contributed by atoms with Gasteiger partial charge in [-0.3, -0.25) is 0 Å². The van der Waals surface area contributed by atoms with Crippen molar-refractivity contribution in [2.24, 2.45) is 0 Å². The van der Waals surface area contributed by atoms with Crippen LogP contribution < -0.4 is 4.74 Å². The van der Waals surface area contributed by atoms with Gasteiger partial charge in [-0.15, -0.1) is 0 Å². The summed E-state index contributed by atoms with van der Waals surface area (Å²) >= 11 is 0. The summed E-state index contributed by atoms with van der Waals surface area (Å²) in [4.78, 5) is 10.3. The summed E-state index contributed by atoms with van der Waals surface area (Å²) in [6.45, 7) is 2.13. The maximum absolute atomic E-state index is 10.3. The SMILES string of the molecule is CCc1cccc(Oc2ccc(CCC=O)cc2)c1. The highest BCUT2D eigenvalue weighted by Crippen LogP contribution is 2.23. The Morgan fingerprint density at radius 3 is 2.47 bits per heavy atom. The predicted molar refractivity (Wildman–Crippen MR) is 76.7 cm³/mol. The maximum Gasteiger partial charge on any atom is 0.127 e. The summed E-state index contributed by atoms with van der Waals surface area (Å²) in [5.41, 5.74) is 2.42. The summed E-state index contributed by atoms with van der Waals surface area (Å²) in [6.07, 6.45) is 3.30. The Balaban J connectivity index is 2.04. The molecule has 0 heterocycles. The first-order chi connectivity index (χ1) is 9.31. The molecule has 0 aromatic heterocycles. The molecular weight excluding hydrogens is 236 g/mol. The van der Waals surface area contributed by atoms with E-state index in [-0.39, 0.29) is 0 Å². The molecule has 2 rings (SSSR count). The lowest BCUT2D eigenvalue weighted by Crippen LogP contribution is -1.88. The number of aldehydes is 1. The zero-order chi connectivity index (χ0) is 13.5. The molecule has 0 aliphatic rings. The van der Waals surface area contributed by atoms with E-state index >= 15 is 0 Å². The molecule has 2 aromatic rings. The standard InChI is InChI=1S/C17H18O2/c1-2-14-5-3-7-17(13-14)19-16-10-8-15(9-11-16)6-4-12-18/h3,5,7-13H,2,4,6H2,1H3. The van der Waals surface area contributed by atoms with Crippen LogP contribution in [0.1, 0.15) is 24.5 Å². The Hall–Kier alpha value is -2.09. The van der Waals surface area contributed by atoms with Gasteiger partial charge in [0.2, 0.25) is 0 Å². The molecule has 19 heavy (non-hydrogen) atoms. The van der Waals surface area contributed by atoms with Crippen LogP contribution in [0.4, 0.5) is 0 Å². The highest BCUT2D eigenvalue weighted by Gasteiger charge is 1.99. The van der Waals surface area contributed by atoms with Gasteiger partial charge in [0.05, 0.1) is 0 Å². The third-order valence-electron chi connectivity index (χ3n) is 3.02. The van der Waals surface area contributed by atoms with Crippen molar-refractivity contribution in [2.45, 2.75) is 26.2 Å². The maximum atomic E-state index is 10.3. The number of ether oxygens (including phenoxy) is 1. The van der Waals surface area contributed by atoms with Crippen LogP contribution in [-0.4, -0.2) is 6.29 Å². The number of hydrogen-bond acceptors (Lipinski definition) is 2. The number of hydrogen-bond donors (Lipinski definition) is 0. The molecule has 0 bridgehead atoms. The molecule has 0 saturated heterocycles. The lowest BCUT2D eigenvalue weighted by atomic mass is 10.1. The quantitative estimate of drug-likeness (QED) is 0.723. The van der Waals surface area contributed by atoms with Crippen LogP contribution in [0.2, 0.25) is 0 Å².